The van der Waals surface area contributed by atoms with E-state index >= 15 is 0 Å². The third-order valence-electron chi connectivity index (χ3n) is 5.69. The molecule has 1 aromatic rings. The molecule has 2 aliphatic rings. The Kier molecular flexibility index (Phi) is 6.78. The first-order chi connectivity index (χ1) is 12.7. The molecular weight excluding hydrogens is 322 g/mol. The Labute approximate surface area is 158 Å². The van der Waals surface area contributed by atoms with Gasteiger partial charge in [-0.15, -0.1) is 0 Å². The molecule has 3 rings (SSSR count). The van der Waals surface area contributed by atoms with E-state index in [-0.39, 0.29) is 0 Å². The summed E-state index contributed by atoms with van der Waals surface area (Å²) in [6.45, 7) is 10.1. The number of likely N-dealkylation sites (tertiary alicyclic amines) is 1. The first-order valence-electron chi connectivity index (χ1n) is 10.2. The first kappa shape index (κ1) is 19.0. The zero-order valence-electron chi connectivity index (χ0n) is 16.7. The third-order valence-corrected chi connectivity index (χ3v) is 5.69. The van der Waals surface area contributed by atoms with E-state index in [4.69, 9.17) is 0 Å². The summed E-state index contributed by atoms with van der Waals surface area (Å²) in [5, 5.41) is 7.13. The van der Waals surface area contributed by atoms with Gasteiger partial charge in [0, 0.05) is 51.0 Å². The summed E-state index contributed by atoms with van der Waals surface area (Å²) in [4.78, 5) is 9.51. The molecule has 144 valence electrons. The zero-order valence-corrected chi connectivity index (χ0v) is 16.7. The van der Waals surface area contributed by atoms with E-state index in [2.05, 4.69) is 63.5 Å². The normalized spacial score (nSPS) is 21.7. The molecule has 0 saturated carbocycles. The Morgan fingerprint density at radius 3 is 2.69 bits per heavy atom. The molecule has 5 nitrogen and oxygen atoms in total. The van der Waals surface area contributed by atoms with E-state index in [1.807, 2.05) is 7.05 Å². The van der Waals surface area contributed by atoms with E-state index < -0.39 is 0 Å². The molecule has 5 heteroatoms. The van der Waals surface area contributed by atoms with Gasteiger partial charge in [0.2, 0.25) is 0 Å². The molecule has 0 aliphatic carbocycles. The van der Waals surface area contributed by atoms with E-state index in [0.717, 1.165) is 25.5 Å². The number of benzene rings is 1. The summed E-state index contributed by atoms with van der Waals surface area (Å²) in [5.74, 6) is 0.944. The Morgan fingerprint density at radius 2 is 1.96 bits per heavy atom. The van der Waals surface area contributed by atoms with Crippen LogP contribution in [0.25, 0.3) is 0 Å². The fraction of sp³-hybridized carbons (Fsp3) is 0.667. The van der Waals surface area contributed by atoms with Gasteiger partial charge < -0.3 is 20.4 Å². The van der Waals surface area contributed by atoms with Crippen LogP contribution in [-0.4, -0.2) is 62.7 Å². The van der Waals surface area contributed by atoms with Gasteiger partial charge in [0.25, 0.3) is 0 Å². The maximum Gasteiger partial charge on any atom is 0.191 e. The van der Waals surface area contributed by atoms with Crippen LogP contribution in [0.5, 0.6) is 0 Å². The van der Waals surface area contributed by atoms with Crippen molar-refractivity contribution in [3.05, 3.63) is 29.8 Å². The highest BCUT2D eigenvalue weighted by Gasteiger charge is 2.25. The molecule has 26 heavy (non-hydrogen) atoms. The molecule has 1 atom stereocenters. The van der Waals surface area contributed by atoms with Crippen molar-refractivity contribution in [2.75, 3.05) is 44.7 Å². The zero-order chi connectivity index (χ0) is 18.4. The van der Waals surface area contributed by atoms with Crippen LogP contribution in [0.3, 0.4) is 0 Å². The lowest BCUT2D eigenvalue weighted by molar-refractivity contribution is 0.206. The fourth-order valence-corrected chi connectivity index (χ4v) is 4.27. The summed E-state index contributed by atoms with van der Waals surface area (Å²) in [6.07, 6.45) is 4.81. The fourth-order valence-electron chi connectivity index (χ4n) is 4.27. The molecule has 2 N–H and O–H groups in total. The van der Waals surface area contributed by atoms with Crippen molar-refractivity contribution in [3.63, 3.8) is 0 Å². The average Bonchev–Trinajstić information content (AvgIpc) is 2.98. The highest BCUT2D eigenvalue weighted by molar-refractivity contribution is 5.80. The second kappa shape index (κ2) is 9.26. The Morgan fingerprint density at radius 1 is 1.19 bits per heavy atom. The van der Waals surface area contributed by atoms with Crippen LogP contribution in [0.2, 0.25) is 0 Å². The minimum atomic E-state index is 0.542. The van der Waals surface area contributed by atoms with Crippen molar-refractivity contribution in [2.45, 2.75) is 51.6 Å². The number of guanidine groups is 1. The molecule has 0 amide bonds. The molecule has 1 unspecified atom stereocenters. The maximum absolute atomic E-state index is 4.43. The Balaban J connectivity index is 1.43. The highest BCUT2D eigenvalue weighted by atomic mass is 15.2. The molecule has 0 aromatic heterocycles. The van der Waals surface area contributed by atoms with Crippen LogP contribution in [0.15, 0.2) is 29.3 Å². The molecule has 0 bridgehead atoms. The lowest BCUT2D eigenvalue weighted by Crippen LogP contribution is -2.50. The number of nitrogens with zero attached hydrogens (tertiary/aromatic N) is 3. The van der Waals surface area contributed by atoms with Crippen LogP contribution < -0.4 is 15.5 Å². The standard InChI is InChI=1S/C21H35N5/c1-4-12-25-13-9-19(10-14-25)24-21(22-3)23-11-15-26-17(2)16-18-7-5-6-8-20(18)26/h5-8,17,19H,4,9-16H2,1-3H3,(H2,22,23,24). The maximum atomic E-state index is 4.43. The molecule has 2 aliphatic heterocycles. The predicted molar refractivity (Wildman–Crippen MR) is 111 cm³/mol. The summed E-state index contributed by atoms with van der Waals surface area (Å²) < 4.78 is 0. The number of anilines is 1. The molecule has 1 fully saturated rings. The van der Waals surface area contributed by atoms with Gasteiger partial charge in [0.15, 0.2) is 5.96 Å². The van der Waals surface area contributed by atoms with Crippen LogP contribution in [-0.2, 0) is 6.42 Å². The summed E-state index contributed by atoms with van der Waals surface area (Å²) in [7, 11) is 1.87. The predicted octanol–water partition coefficient (Wildman–Crippen LogP) is 2.48. The van der Waals surface area contributed by atoms with Gasteiger partial charge in [0.1, 0.15) is 0 Å². The van der Waals surface area contributed by atoms with E-state index in [9.17, 15) is 0 Å². The summed E-state index contributed by atoms with van der Waals surface area (Å²) >= 11 is 0. The number of piperidine rings is 1. The Hall–Kier alpha value is -1.75. The monoisotopic (exact) mass is 357 g/mol. The molecule has 1 aromatic carbocycles. The van der Waals surface area contributed by atoms with Crippen molar-refractivity contribution in [1.29, 1.82) is 0 Å². The van der Waals surface area contributed by atoms with Crippen molar-refractivity contribution < 1.29 is 0 Å². The average molecular weight is 358 g/mol. The van der Waals surface area contributed by atoms with E-state index in [0.29, 0.717) is 12.1 Å². The van der Waals surface area contributed by atoms with Crippen molar-refractivity contribution >= 4 is 11.6 Å². The summed E-state index contributed by atoms with van der Waals surface area (Å²) in [6, 6.07) is 9.90. The SMILES string of the molecule is CCCN1CCC(NC(=NC)NCCN2c3ccccc3CC2C)CC1. The lowest BCUT2D eigenvalue weighted by atomic mass is 10.1. The number of fused-ring (bicyclic) bond motifs is 1. The van der Waals surface area contributed by atoms with Gasteiger partial charge in [0.05, 0.1) is 0 Å². The van der Waals surface area contributed by atoms with Gasteiger partial charge in [-0.2, -0.15) is 0 Å². The number of rotatable bonds is 6. The van der Waals surface area contributed by atoms with Gasteiger partial charge in [-0.05, 0) is 50.8 Å². The van der Waals surface area contributed by atoms with Gasteiger partial charge in [-0.3, -0.25) is 4.99 Å². The molecule has 0 spiro atoms. The number of hydrogen-bond acceptors (Lipinski definition) is 3. The second-order valence-corrected chi connectivity index (χ2v) is 7.63. The topological polar surface area (TPSA) is 42.9 Å². The number of nitrogens with one attached hydrogen (secondary N) is 2. The molecule has 0 radical (unpaired) electrons. The molecule has 1 saturated heterocycles. The quantitative estimate of drug-likeness (QED) is 0.606. The highest BCUT2D eigenvalue weighted by Crippen LogP contribution is 2.31. The van der Waals surface area contributed by atoms with E-state index in [1.165, 1.54) is 50.1 Å². The minimum Gasteiger partial charge on any atom is -0.367 e. The van der Waals surface area contributed by atoms with Crippen molar-refractivity contribution in [3.8, 4) is 0 Å². The number of aliphatic imine (C=N–C) groups is 1. The van der Waals surface area contributed by atoms with Crippen LogP contribution in [0.1, 0.15) is 38.7 Å². The van der Waals surface area contributed by atoms with Gasteiger partial charge in [-0.1, -0.05) is 25.1 Å². The van der Waals surface area contributed by atoms with Crippen molar-refractivity contribution in [1.82, 2.24) is 15.5 Å². The van der Waals surface area contributed by atoms with Crippen molar-refractivity contribution in [2.24, 2.45) is 4.99 Å². The second-order valence-electron chi connectivity index (χ2n) is 7.63. The largest absolute Gasteiger partial charge is 0.367 e. The van der Waals surface area contributed by atoms with E-state index in [1.54, 1.807) is 0 Å². The van der Waals surface area contributed by atoms with Gasteiger partial charge in [-0.25, -0.2) is 0 Å². The number of para-hydroxylation sites is 1. The third kappa shape index (κ3) is 4.70. The number of hydrogen-bond donors (Lipinski definition) is 2. The summed E-state index contributed by atoms with van der Waals surface area (Å²) in [5.41, 5.74) is 2.87. The molecule has 2 heterocycles. The lowest BCUT2D eigenvalue weighted by Gasteiger charge is -2.33. The first-order valence-corrected chi connectivity index (χ1v) is 10.2. The van der Waals surface area contributed by atoms with Crippen LogP contribution >= 0.6 is 0 Å². The van der Waals surface area contributed by atoms with Crippen LogP contribution in [0, 0.1) is 0 Å². The minimum absolute atomic E-state index is 0.542. The van der Waals surface area contributed by atoms with Gasteiger partial charge >= 0.3 is 0 Å². The molecular formula is C21H35N5. The smallest absolute Gasteiger partial charge is 0.191 e. The van der Waals surface area contributed by atoms with Crippen LogP contribution in [0.4, 0.5) is 5.69 Å². The Bertz CT molecular complexity index is 592.